The first kappa shape index (κ1) is 16.4. The topological polar surface area (TPSA) is 35.9 Å². The molecule has 0 saturated heterocycles. The molecule has 3 aromatic rings. The molecule has 3 nitrogen and oxygen atoms in total. The SMILES string of the molecule is Cn1[c](=[Pt])n(C)c2ccccc21.NCc1ccc(Br)cc1. The number of halogens is 1. The summed E-state index contributed by atoms with van der Waals surface area (Å²) in [6.07, 6.45) is 0. The smallest absolute Gasteiger partial charge is 0.0178 e. The van der Waals surface area contributed by atoms with E-state index in [9.17, 15) is 0 Å². The van der Waals surface area contributed by atoms with Gasteiger partial charge in [-0.05, 0) is 17.7 Å². The number of hydrogen-bond acceptors (Lipinski definition) is 1. The van der Waals surface area contributed by atoms with Gasteiger partial charge in [-0.25, -0.2) is 0 Å². The third-order valence-corrected chi connectivity index (χ3v) is 5.32. The van der Waals surface area contributed by atoms with Crippen LogP contribution < -0.4 is 5.73 Å². The van der Waals surface area contributed by atoms with Crippen LogP contribution in [0.1, 0.15) is 5.56 Å². The average molecular weight is 527 g/mol. The van der Waals surface area contributed by atoms with E-state index in [0.717, 1.165) is 4.47 Å². The van der Waals surface area contributed by atoms with Crippen LogP contribution in [0.15, 0.2) is 53.0 Å². The Hall–Kier alpha value is -0.962. The predicted molar refractivity (Wildman–Crippen MR) is 87.2 cm³/mol. The first-order valence-electron chi connectivity index (χ1n) is 6.55. The molecule has 21 heavy (non-hydrogen) atoms. The van der Waals surface area contributed by atoms with Crippen molar-refractivity contribution in [2.45, 2.75) is 6.54 Å². The molecule has 1 heterocycles. The molecule has 0 atom stereocenters. The summed E-state index contributed by atoms with van der Waals surface area (Å²) in [5.41, 5.74) is 9.11. The Bertz CT molecular complexity index is 745. The van der Waals surface area contributed by atoms with Gasteiger partial charge in [0.05, 0.1) is 0 Å². The fourth-order valence-electron chi connectivity index (χ4n) is 2.06. The summed E-state index contributed by atoms with van der Waals surface area (Å²) in [6.45, 7) is 0.618. The van der Waals surface area contributed by atoms with Gasteiger partial charge in [0, 0.05) is 11.0 Å². The summed E-state index contributed by atoms with van der Waals surface area (Å²) in [5.74, 6) is 0. The predicted octanol–water partition coefficient (Wildman–Crippen LogP) is 3.50. The molecule has 0 aliphatic rings. The number of hydrogen-bond donors (Lipinski definition) is 1. The zero-order valence-corrected chi connectivity index (χ0v) is 15.9. The maximum Gasteiger partial charge on any atom is 0.0178 e. The summed E-state index contributed by atoms with van der Waals surface area (Å²) in [7, 11) is 4.18. The Morgan fingerprint density at radius 3 is 1.86 bits per heavy atom. The monoisotopic (exact) mass is 526 g/mol. The van der Waals surface area contributed by atoms with Crippen LogP contribution in [0.5, 0.6) is 0 Å². The molecule has 114 valence electrons. The zero-order chi connectivity index (χ0) is 15.4. The van der Waals surface area contributed by atoms with Gasteiger partial charge >= 0.3 is 81.7 Å². The first-order chi connectivity index (χ1) is 10.0. The third kappa shape index (κ3) is 3.82. The number of para-hydroxylation sites is 2. The standard InChI is InChI=1S/C9H10N2.C7H8BrN.Pt/c1-10-7-11(2)9-6-4-3-5-8(9)10;8-7-3-1-6(5-9)2-4-7;/h3-6H,1-2H3;1-4H,5,9H2;. The number of rotatable bonds is 1. The van der Waals surface area contributed by atoms with E-state index < -0.39 is 0 Å². The van der Waals surface area contributed by atoms with Crippen molar-refractivity contribution in [3.8, 4) is 0 Å². The molecule has 5 heteroatoms. The van der Waals surface area contributed by atoms with E-state index in [2.05, 4.69) is 82.8 Å². The van der Waals surface area contributed by atoms with Crippen molar-refractivity contribution in [3.63, 3.8) is 0 Å². The van der Waals surface area contributed by atoms with Crippen LogP contribution in [-0.2, 0) is 40.0 Å². The number of aromatic nitrogens is 2. The first-order valence-corrected chi connectivity index (χ1v) is 8.48. The van der Waals surface area contributed by atoms with Crippen LogP contribution in [0.3, 0.4) is 0 Å². The second-order valence-corrected chi connectivity index (χ2v) is 6.61. The van der Waals surface area contributed by atoms with E-state index in [1.165, 1.54) is 20.4 Å². The van der Waals surface area contributed by atoms with E-state index in [1.54, 1.807) is 0 Å². The van der Waals surface area contributed by atoms with E-state index in [0.29, 0.717) is 6.54 Å². The Morgan fingerprint density at radius 2 is 1.43 bits per heavy atom. The second kappa shape index (κ2) is 7.35. The molecule has 0 amide bonds. The van der Waals surface area contributed by atoms with Gasteiger partial charge < -0.3 is 5.73 Å². The van der Waals surface area contributed by atoms with Crippen molar-refractivity contribution in [2.75, 3.05) is 0 Å². The molecular weight excluding hydrogens is 509 g/mol. The average Bonchev–Trinajstić information content (AvgIpc) is 2.74. The summed E-state index contributed by atoms with van der Waals surface area (Å²) in [4.78, 5) is 0. The Kier molecular flexibility index (Phi) is 5.74. The molecule has 2 aromatic carbocycles. The molecule has 0 radical (unpaired) electrons. The third-order valence-electron chi connectivity index (χ3n) is 3.27. The van der Waals surface area contributed by atoms with Crippen LogP contribution >= 0.6 is 15.9 Å². The number of imidazole rings is 1. The summed E-state index contributed by atoms with van der Waals surface area (Å²) in [6, 6.07) is 16.4. The van der Waals surface area contributed by atoms with Gasteiger partial charge in [-0.15, -0.1) is 0 Å². The van der Waals surface area contributed by atoms with Gasteiger partial charge in [0.1, 0.15) is 0 Å². The Morgan fingerprint density at radius 1 is 0.952 bits per heavy atom. The van der Waals surface area contributed by atoms with Crippen LogP contribution in [0.25, 0.3) is 11.0 Å². The number of aryl methyl sites for hydroxylation is 2. The second-order valence-electron chi connectivity index (χ2n) is 4.68. The van der Waals surface area contributed by atoms with Crippen LogP contribution in [-0.4, -0.2) is 9.13 Å². The van der Waals surface area contributed by atoms with Crippen LogP contribution in [0.2, 0.25) is 0 Å². The molecule has 0 bridgehead atoms. The fraction of sp³-hybridized carbons (Fsp3) is 0.188. The van der Waals surface area contributed by atoms with Gasteiger partial charge in [0.2, 0.25) is 0 Å². The molecular formula is C16H18BrN3Pt. The van der Waals surface area contributed by atoms with Crippen molar-refractivity contribution in [1.82, 2.24) is 9.13 Å². The minimum absolute atomic E-state index is 0.618. The Balaban J connectivity index is 0.000000161. The fourth-order valence-corrected chi connectivity index (χ4v) is 2.87. The molecule has 1 aromatic heterocycles. The quantitative estimate of drug-likeness (QED) is 0.517. The van der Waals surface area contributed by atoms with Crippen molar-refractivity contribution in [1.29, 1.82) is 0 Å². The van der Waals surface area contributed by atoms with Crippen LogP contribution in [0.4, 0.5) is 0 Å². The maximum atomic E-state index is 5.38. The number of benzene rings is 2. The van der Waals surface area contributed by atoms with E-state index >= 15 is 0 Å². The van der Waals surface area contributed by atoms with Gasteiger partial charge in [0.25, 0.3) is 0 Å². The van der Waals surface area contributed by atoms with E-state index in [4.69, 9.17) is 5.73 Å². The van der Waals surface area contributed by atoms with Crippen molar-refractivity contribution in [2.24, 2.45) is 19.8 Å². The summed E-state index contributed by atoms with van der Waals surface area (Å²) < 4.78 is 6.73. The van der Waals surface area contributed by atoms with Gasteiger partial charge in [0.15, 0.2) is 0 Å². The molecule has 2 N–H and O–H groups in total. The number of fused-ring (bicyclic) bond motifs is 1. The van der Waals surface area contributed by atoms with Crippen LogP contribution in [0, 0.1) is 3.80 Å². The molecule has 0 unspecified atom stereocenters. The van der Waals surface area contributed by atoms with Gasteiger partial charge in [-0.2, -0.15) is 0 Å². The van der Waals surface area contributed by atoms with Crippen molar-refractivity contribution >= 4 is 27.0 Å². The summed E-state index contributed by atoms with van der Waals surface area (Å²) in [5, 5.41) is 0. The molecule has 0 spiro atoms. The summed E-state index contributed by atoms with van der Waals surface area (Å²) >= 11 is 5.67. The molecule has 3 rings (SSSR count). The molecule has 0 saturated carbocycles. The molecule has 0 aliphatic carbocycles. The van der Waals surface area contributed by atoms with Crippen molar-refractivity contribution < 1.29 is 19.4 Å². The zero-order valence-electron chi connectivity index (χ0n) is 12.0. The molecule has 0 aliphatic heterocycles. The van der Waals surface area contributed by atoms with Gasteiger partial charge in [-0.1, -0.05) is 28.1 Å². The molecule has 0 fully saturated rings. The van der Waals surface area contributed by atoms with Gasteiger partial charge in [-0.3, -0.25) is 0 Å². The maximum absolute atomic E-state index is 5.38. The normalized spacial score (nSPS) is 10.4. The minimum Gasteiger partial charge on any atom is -0.326 e. The minimum atomic E-state index is 0.618. The largest absolute Gasteiger partial charge is 0.326 e. The number of nitrogens with zero attached hydrogens (tertiary/aromatic N) is 2. The van der Waals surface area contributed by atoms with E-state index in [-0.39, 0.29) is 0 Å². The van der Waals surface area contributed by atoms with Crippen molar-refractivity contribution in [3.05, 3.63) is 62.4 Å². The van der Waals surface area contributed by atoms with E-state index in [1.807, 2.05) is 24.3 Å². The Labute approximate surface area is 143 Å². The number of nitrogens with two attached hydrogens (primary N) is 1.